The zero-order chi connectivity index (χ0) is 16.7. The average Bonchev–Trinajstić information content (AvgIpc) is 3.05. The smallest absolute Gasteiger partial charge is 0.191 e. The van der Waals surface area contributed by atoms with E-state index in [9.17, 15) is 5.11 Å². The van der Waals surface area contributed by atoms with Crippen LogP contribution in [0.5, 0.6) is 0 Å². The summed E-state index contributed by atoms with van der Waals surface area (Å²) in [5.74, 6) is 1.45. The monoisotopic (exact) mass is 466 g/mol. The number of aliphatic imine (C=N–C) groups is 1. The number of nitrogens with zero attached hydrogens (tertiary/aromatic N) is 2. The van der Waals surface area contributed by atoms with Gasteiger partial charge in [-0.3, -0.25) is 0 Å². The van der Waals surface area contributed by atoms with Crippen LogP contribution in [0, 0.1) is 5.92 Å². The molecule has 5 nitrogen and oxygen atoms in total. The number of likely N-dealkylation sites (tertiary alicyclic amines) is 1. The molecule has 1 aliphatic rings. The van der Waals surface area contributed by atoms with Gasteiger partial charge in [-0.25, -0.2) is 4.99 Å². The second kappa shape index (κ2) is 10.6. The molecule has 138 valence electrons. The molecule has 1 fully saturated rings. The normalized spacial score (nSPS) is 21.7. The lowest BCUT2D eigenvalue weighted by molar-refractivity contribution is 0.0711. The second-order valence-corrected chi connectivity index (χ2v) is 7.55. The highest BCUT2D eigenvalue weighted by Crippen LogP contribution is 2.25. The lowest BCUT2D eigenvalue weighted by atomic mass is 9.99. The average molecular weight is 466 g/mol. The molecule has 2 unspecified atom stereocenters. The SMILES string of the molecule is CCNC(=NCC(C)(O)c1cccs1)NCC1CCCN(C)C1.I. The number of rotatable bonds is 6. The van der Waals surface area contributed by atoms with E-state index in [1.54, 1.807) is 11.3 Å². The van der Waals surface area contributed by atoms with Crippen LogP contribution >= 0.6 is 35.3 Å². The number of aliphatic hydroxyl groups is 1. The van der Waals surface area contributed by atoms with Crippen LogP contribution in [-0.4, -0.2) is 55.7 Å². The molecule has 0 aromatic carbocycles. The standard InChI is InChI=1S/C17H30N4OS.HI/c1-4-18-16(19-11-14-7-5-9-21(3)12-14)20-13-17(2,22)15-8-6-10-23-15;/h6,8,10,14,22H,4-5,7,9,11-13H2,1-3H3,(H2,18,19,20);1H. The number of nitrogens with one attached hydrogen (secondary N) is 2. The summed E-state index contributed by atoms with van der Waals surface area (Å²) in [6, 6.07) is 3.92. The predicted octanol–water partition coefficient (Wildman–Crippen LogP) is 2.47. The molecule has 7 heteroatoms. The summed E-state index contributed by atoms with van der Waals surface area (Å²) >= 11 is 1.57. The van der Waals surface area contributed by atoms with Gasteiger partial charge in [0.15, 0.2) is 5.96 Å². The van der Waals surface area contributed by atoms with Crippen molar-refractivity contribution in [3.05, 3.63) is 22.4 Å². The van der Waals surface area contributed by atoms with Gasteiger partial charge >= 0.3 is 0 Å². The molecule has 0 amide bonds. The van der Waals surface area contributed by atoms with Crippen molar-refractivity contribution in [3.63, 3.8) is 0 Å². The number of halogens is 1. The van der Waals surface area contributed by atoms with Gasteiger partial charge in [0.1, 0.15) is 5.60 Å². The number of guanidine groups is 1. The summed E-state index contributed by atoms with van der Waals surface area (Å²) < 4.78 is 0. The Bertz CT molecular complexity index is 493. The van der Waals surface area contributed by atoms with E-state index in [1.807, 2.05) is 24.4 Å². The maximum atomic E-state index is 10.6. The summed E-state index contributed by atoms with van der Waals surface area (Å²) in [6.07, 6.45) is 2.53. The molecular weight excluding hydrogens is 435 g/mol. The fourth-order valence-corrected chi connectivity index (χ4v) is 3.70. The van der Waals surface area contributed by atoms with Crippen LogP contribution in [-0.2, 0) is 5.60 Å². The molecule has 0 radical (unpaired) electrons. The maximum absolute atomic E-state index is 10.6. The van der Waals surface area contributed by atoms with E-state index in [4.69, 9.17) is 0 Å². The molecule has 2 atom stereocenters. The Morgan fingerprint density at radius 2 is 2.29 bits per heavy atom. The van der Waals surface area contributed by atoms with Crippen LogP contribution in [0.1, 0.15) is 31.6 Å². The van der Waals surface area contributed by atoms with Crippen molar-refractivity contribution >= 4 is 41.3 Å². The van der Waals surface area contributed by atoms with E-state index < -0.39 is 5.60 Å². The summed E-state index contributed by atoms with van der Waals surface area (Å²) in [6.45, 7) is 8.32. The van der Waals surface area contributed by atoms with E-state index in [2.05, 4.69) is 34.5 Å². The van der Waals surface area contributed by atoms with Crippen LogP contribution in [0.3, 0.4) is 0 Å². The van der Waals surface area contributed by atoms with Crippen LogP contribution in [0.15, 0.2) is 22.5 Å². The molecule has 0 spiro atoms. The molecule has 24 heavy (non-hydrogen) atoms. The fourth-order valence-electron chi connectivity index (χ4n) is 2.92. The van der Waals surface area contributed by atoms with Crippen molar-refractivity contribution in [1.29, 1.82) is 0 Å². The van der Waals surface area contributed by atoms with E-state index >= 15 is 0 Å². The number of hydrogen-bond donors (Lipinski definition) is 3. The first kappa shape index (κ1) is 21.7. The van der Waals surface area contributed by atoms with Crippen molar-refractivity contribution < 1.29 is 5.11 Å². The van der Waals surface area contributed by atoms with Gasteiger partial charge in [-0.15, -0.1) is 35.3 Å². The minimum atomic E-state index is -0.915. The highest BCUT2D eigenvalue weighted by atomic mass is 127. The van der Waals surface area contributed by atoms with E-state index in [0.717, 1.165) is 30.5 Å². The fraction of sp³-hybridized carbons (Fsp3) is 0.706. The Morgan fingerprint density at radius 1 is 1.50 bits per heavy atom. The van der Waals surface area contributed by atoms with Crippen molar-refractivity contribution in [3.8, 4) is 0 Å². The van der Waals surface area contributed by atoms with Crippen molar-refractivity contribution in [2.45, 2.75) is 32.3 Å². The van der Waals surface area contributed by atoms with Crippen LogP contribution in [0.4, 0.5) is 0 Å². The van der Waals surface area contributed by atoms with E-state index in [0.29, 0.717) is 12.5 Å². The largest absolute Gasteiger partial charge is 0.383 e. The third-order valence-electron chi connectivity index (χ3n) is 4.22. The number of hydrogen-bond acceptors (Lipinski definition) is 4. The zero-order valence-corrected chi connectivity index (χ0v) is 18.1. The lowest BCUT2D eigenvalue weighted by Gasteiger charge is -2.30. The third-order valence-corrected chi connectivity index (χ3v) is 5.34. The molecule has 2 rings (SSSR count). The van der Waals surface area contributed by atoms with Crippen LogP contribution in [0.2, 0.25) is 0 Å². The first-order chi connectivity index (χ1) is 11.0. The Morgan fingerprint density at radius 3 is 2.92 bits per heavy atom. The highest BCUT2D eigenvalue weighted by Gasteiger charge is 2.24. The Hall–Kier alpha value is -0.380. The highest BCUT2D eigenvalue weighted by molar-refractivity contribution is 14.0. The number of piperidine rings is 1. The minimum absolute atomic E-state index is 0. The second-order valence-electron chi connectivity index (χ2n) is 6.60. The lowest BCUT2D eigenvalue weighted by Crippen LogP contribution is -2.44. The Labute approximate surface area is 167 Å². The van der Waals surface area contributed by atoms with Gasteiger partial charge in [0.2, 0.25) is 0 Å². The van der Waals surface area contributed by atoms with Crippen LogP contribution < -0.4 is 10.6 Å². The van der Waals surface area contributed by atoms with Gasteiger partial charge in [-0.2, -0.15) is 0 Å². The van der Waals surface area contributed by atoms with Gasteiger partial charge in [-0.1, -0.05) is 6.07 Å². The van der Waals surface area contributed by atoms with Crippen molar-refractivity contribution in [1.82, 2.24) is 15.5 Å². The van der Waals surface area contributed by atoms with Gasteiger partial charge in [-0.05, 0) is 57.6 Å². The topological polar surface area (TPSA) is 59.9 Å². The maximum Gasteiger partial charge on any atom is 0.191 e. The molecule has 0 aliphatic carbocycles. The Kier molecular flexibility index (Phi) is 9.54. The van der Waals surface area contributed by atoms with Gasteiger partial charge < -0.3 is 20.6 Å². The molecule has 1 aliphatic heterocycles. The van der Waals surface area contributed by atoms with Gasteiger partial charge in [0.25, 0.3) is 0 Å². The summed E-state index contributed by atoms with van der Waals surface area (Å²) in [5, 5.41) is 19.3. The van der Waals surface area contributed by atoms with Crippen LogP contribution in [0.25, 0.3) is 0 Å². The van der Waals surface area contributed by atoms with Crippen molar-refractivity contribution in [2.75, 3.05) is 39.8 Å². The summed E-state index contributed by atoms with van der Waals surface area (Å²) in [5.41, 5.74) is -0.915. The molecule has 1 saturated heterocycles. The first-order valence-corrected chi connectivity index (χ1v) is 9.36. The van der Waals surface area contributed by atoms with E-state index in [1.165, 1.54) is 19.4 Å². The van der Waals surface area contributed by atoms with Gasteiger partial charge in [0.05, 0.1) is 6.54 Å². The quantitative estimate of drug-likeness (QED) is 0.343. The first-order valence-electron chi connectivity index (χ1n) is 8.48. The zero-order valence-electron chi connectivity index (χ0n) is 14.9. The van der Waals surface area contributed by atoms with Gasteiger partial charge in [0, 0.05) is 24.5 Å². The molecule has 1 aromatic heterocycles. The van der Waals surface area contributed by atoms with E-state index in [-0.39, 0.29) is 24.0 Å². The minimum Gasteiger partial charge on any atom is -0.383 e. The summed E-state index contributed by atoms with van der Waals surface area (Å²) in [7, 11) is 2.18. The predicted molar refractivity (Wildman–Crippen MR) is 114 cm³/mol. The Balaban J connectivity index is 0.00000288. The third kappa shape index (κ3) is 6.85. The number of thiophene rings is 1. The summed E-state index contributed by atoms with van der Waals surface area (Å²) in [4.78, 5) is 7.92. The molecular formula is C17H31IN4OS. The molecule has 0 saturated carbocycles. The van der Waals surface area contributed by atoms with Crippen molar-refractivity contribution in [2.24, 2.45) is 10.9 Å². The molecule has 3 N–H and O–H groups in total. The molecule has 1 aromatic rings. The molecule has 0 bridgehead atoms. The molecule has 2 heterocycles.